The Morgan fingerprint density at radius 2 is 1.86 bits per heavy atom. The van der Waals surface area contributed by atoms with Gasteiger partial charge in [0.1, 0.15) is 17.3 Å². The van der Waals surface area contributed by atoms with Gasteiger partial charge in [-0.1, -0.05) is 12.1 Å². The number of nitrogens with zero attached hydrogens (tertiary/aromatic N) is 2. The van der Waals surface area contributed by atoms with Crippen LogP contribution < -0.4 is 15.4 Å². The molecule has 2 aliphatic rings. The van der Waals surface area contributed by atoms with Gasteiger partial charge in [0, 0.05) is 37.3 Å². The number of fused-ring (bicyclic) bond motifs is 2. The van der Waals surface area contributed by atoms with Crippen molar-refractivity contribution in [1.29, 1.82) is 0 Å². The Balaban J connectivity index is 1.77. The van der Waals surface area contributed by atoms with Crippen molar-refractivity contribution in [3.63, 3.8) is 0 Å². The number of hydrogen-bond donors (Lipinski definition) is 2. The van der Waals surface area contributed by atoms with Crippen LogP contribution >= 0.6 is 0 Å². The molecule has 0 spiro atoms. The summed E-state index contributed by atoms with van der Waals surface area (Å²) in [4.78, 5) is 19.8. The second-order valence-electron chi connectivity index (χ2n) is 8.16. The molecule has 2 aromatic carbocycles. The second kappa shape index (κ2) is 7.28. The van der Waals surface area contributed by atoms with Crippen molar-refractivity contribution in [2.45, 2.75) is 26.3 Å². The predicted octanol–water partition coefficient (Wildman–Crippen LogP) is 3.30. The maximum absolute atomic E-state index is 12.6. The molecule has 2 heterocycles. The van der Waals surface area contributed by atoms with Gasteiger partial charge in [-0.05, 0) is 51.1 Å². The molecule has 1 amide bonds. The minimum atomic E-state index is -0.300. The van der Waals surface area contributed by atoms with Crippen LogP contribution in [0.4, 0.5) is 5.69 Å². The van der Waals surface area contributed by atoms with Gasteiger partial charge < -0.3 is 20.3 Å². The fourth-order valence-corrected chi connectivity index (χ4v) is 3.40. The SMILES string of the molecule is CC(C)(C)NC(=O)c1ccc2c(c1)N=C(N1CCNCC1)c1ccccc1O2. The first-order chi connectivity index (χ1) is 13.4. The zero-order chi connectivity index (χ0) is 19.7. The van der Waals surface area contributed by atoms with E-state index in [0.29, 0.717) is 17.0 Å². The van der Waals surface area contributed by atoms with Crippen LogP contribution in [0, 0.1) is 0 Å². The molecule has 0 unspecified atom stereocenters. The van der Waals surface area contributed by atoms with E-state index in [-0.39, 0.29) is 11.4 Å². The first-order valence-electron chi connectivity index (χ1n) is 9.69. The minimum Gasteiger partial charge on any atom is -0.454 e. The number of carbonyl (C=O) groups is 1. The Bertz CT molecular complexity index is 924. The number of amides is 1. The first-order valence-corrected chi connectivity index (χ1v) is 9.69. The van der Waals surface area contributed by atoms with E-state index in [4.69, 9.17) is 9.73 Å². The molecule has 1 fully saturated rings. The molecular formula is C22H26N4O2. The van der Waals surface area contributed by atoms with Crippen molar-refractivity contribution in [2.75, 3.05) is 26.2 Å². The van der Waals surface area contributed by atoms with Crippen molar-refractivity contribution in [2.24, 2.45) is 4.99 Å². The van der Waals surface area contributed by atoms with Gasteiger partial charge in [0.15, 0.2) is 5.75 Å². The molecule has 0 saturated carbocycles. The third-order valence-electron chi connectivity index (χ3n) is 4.70. The number of rotatable bonds is 1. The number of para-hydroxylation sites is 1. The van der Waals surface area contributed by atoms with E-state index in [1.54, 1.807) is 6.07 Å². The summed E-state index contributed by atoms with van der Waals surface area (Å²) in [5.74, 6) is 2.22. The van der Waals surface area contributed by atoms with E-state index in [0.717, 1.165) is 43.3 Å². The van der Waals surface area contributed by atoms with Gasteiger partial charge in [-0.3, -0.25) is 4.79 Å². The second-order valence-corrected chi connectivity index (χ2v) is 8.16. The van der Waals surface area contributed by atoms with Crippen molar-refractivity contribution in [1.82, 2.24) is 15.5 Å². The number of amidine groups is 1. The summed E-state index contributed by atoms with van der Waals surface area (Å²) in [6.45, 7) is 9.50. The van der Waals surface area contributed by atoms with Crippen LogP contribution in [0.25, 0.3) is 0 Å². The third-order valence-corrected chi connectivity index (χ3v) is 4.70. The van der Waals surface area contributed by atoms with Crippen LogP contribution in [0.1, 0.15) is 36.7 Å². The lowest BCUT2D eigenvalue weighted by Gasteiger charge is -2.30. The number of benzene rings is 2. The lowest BCUT2D eigenvalue weighted by Crippen LogP contribution is -2.46. The Morgan fingerprint density at radius 1 is 1.11 bits per heavy atom. The number of aliphatic imine (C=N–C) groups is 1. The average molecular weight is 378 g/mol. The molecule has 28 heavy (non-hydrogen) atoms. The van der Waals surface area contributed by atoms with Gasteiger partial charge >= 0.3 is 0 Å². The highest BCUT2D eigenvalue weighted by Crippen LogP contribution is 2.38. The highest BCUT2D eigenvalue weighted by Gasteiger charge is 2.24. The number of carbonyl (C=O) groups excluding carboxylic acids is 1. The van der Waals surface area contributed by atoms with E-state index < -0.39 is 0 Å². The van der Waals surface area contributed by atoms with Crippen LogP contribution in [0.3, 0.4) is 0 Å². The normalized spacial score (nSPS) is 16.2. The Labute approximate surface area is 165 Å². The van der Waals surface area contributed by atoms with E-state index in [2.05, 4.69) is 15.5 Å². The molecule has 146 valence electrons. The van der Waals surface area contributed by atoms with Gasteiger partial charge in [0.2, 0.25) is 0 Å². The zero-order valence-electron chi connectivity index (χ0n) is 16.6. The lowest BCUT2D eigenvalue weighted by atomic mass is 10.1. The fourth-order valence-electron chi connectivity index (χ4n) is 3.40. The molecule has 2 aromatic rings. The van der Waals surface area contributed by atoms with Crippen molar-refractivity contribution in [3.8, 4) is 11.5 Å². The lowest BCUT2D eigenvalue weighted by molar-refractivity contribution is 0.0919. The van der Waals surface area contributed by atoms with Crippen LogP contribution in [0.15, 0.2) is 47.5 Å². The smallest absolute Gasteiger partial charge is 0.251 e. The number of ether oxygens (including phenoxy) is 1. The van der Waals surface area contributed by atoms with Gasteiger partial charge in [0.25, 0.3) is 5.91 Å². The van der Waals surface area contributed by atoms with E-state index >= 15 is 0 Å². The molecule has 2 N–H and O–H groups in total. The molecule has 1 saturated heterocycles. The maximum Gasteiger partial charge on any atom is 0.251 e. The fraction of sp³-hybridized carbons (Fsp3) is 0.364. The first kappa shape index (κ1) is 18.5. The topological polar surface area (TPSA) is 66.0 Å². The monoisotopic (exact) mass is 378 g/mol. The Morgan fingerprint density at radius 3 is 2.61 bits per heavy atom. The van der Waals surface area contributed by atoms with Gasteiger partial charge in [-0.2, -0.15) is 0 Å². The molecule has 0 atom stereocenters. The number of nitrogens with one attached hydrogen (secondary N) is 2. The molecule has 6 heteroatoms. The average Bonchev–Trinajstić information content (AvgIpc) is 2.83. The quantitative estimate of drug-likeness (QED) is 0.799. The predicted molar refractivity (Wildman–Crippen MR) is 111 cm³/mol. The molecule has 0 bridgehead atoms. The molecular weight excluding hydrogens is 352 g/mol. The van der Waals surface area contributed by atoms with Gasteiger partial charge in [-0.15, -0.1) is 0 Å². The third kappa shape index (κ3) is 3.87. The Kier molecular flexibility index (Phi) is 4.81. The number of piperazine rings is 1. The highest BCUT2D eigenvalue weighted by atomic mass is 16.5. The minimum absolute atomic E-state index is 0.115. The van der Waals surface area contributed by atoms with Crippen LogP contribution in [-0.4, -0.2) is 48.4 Å². The Hall–Kier alpha value is -2.86. The summed E-state index contributed by atoms with van der Waals surface area (Å²) in [5, 5.41) is 6.38. The maximum atomic E-state index is 12.6. The van der Waals surface area contributed by atoms with Crippen LogP contribution in [0.2, 0.25) is 0 Å². The van der Waals surface area contributed by atoms with Crippen molar-refractivity contribution < 1.29 is 9.53 Å². The summed E-state index contributed by atoms with van der Waals surface area (Å²) >= 11 is 0. The van der Waals surface area contributed by atoms with Crippen LogP contribution in [0.5, 0.6) is 11.5 Å². The van der Waals surface area contributed by atoms with Crippen molar-refractivity contribution in [3.05, 3.63) is 53.6 Å². The van der Waals surface area contributed by atoms with Gasteiger partial charge in [0.05, 0.1) is 5.56 Å². The highest BCUT2D eigenvalue weighted by molar-refractivity contribution is 6.04. The van der Waals surface area contributed by atoms with Crippen molar-refractivity contribution >= 4 is 17.4 Å². The molecule has 6 nitrogen and oxygen atoms in total. The van der Waals surface area contributed by atoms with E-state index in [1.165, 1.54) is 0 Å². The van der Waals surface area contributed by atoms with Gasteiger partial charge in [-0.25, -0.2) is 4.99 Å². The largest absolute Gasteiger partial charge is 0.454 e. The molecule has 0 radical (unpaired) electrons. The summed E-state index contributed by atoms with van der Waals surface area (Å²) in [5.41, 5.74) is 1.92. The van der Waals surface area contributed by atoms with E-state index in [9.17, 15) is 4.79 Å². The standard InChI is InChI=1S/C22H26N4O2/c1-22(2,3)25-21(27)15-8-9-19-17(14-15)24-20(26-12-10-23-11-13-26)16-6-4-5-7-18(16)28-19/h4-9,14,23H,10-13H2,1-3H3,(H,25,27). The van der Waals surface area contributed by atoms with E-state index in [1.807, 2.05) is 57.2 Å². The zero-order valence-corrected chi connectivity index (χ0v) is 16.6. The molecule has 0 aromatic heterocycles. The summed E-state index contributed by atoms with van der Waals surface area (Å²) in [7, 11) is 0. The summed E-state index contributed by atoms with van der Waals surface area (Å²) in [6.07, 6.45) is 0. The summed E-state index contributed by atoms with van der Waals surface area (Å²) < 4.78 is 6.17. The summed E-state index contributed by atoms with van der Waals surface area (Å²) in [6, 6.07) is 13.4. The molecule has 4 rings (SSSR count). The molecule has 2 aliphatic heterocycles. The molecule has 0 aliphatic carbocycles. The van der Waals surface area contributed by atoms with Crippen LogP contribution in [-0.2, 0) is 0 Å². The number of hydrogen-bond acceptors (Lipinski definition) is 5.